The van der Waals surface area contributed by atoms with Crippen LogP contribution in [0.2, 0.25) is 0 Å². The molecule has 0 fully saturated rings. The Bertz CT molecular complexity index is 589. The number of carbonyl (C=O) groups excluding carboxylic acids is 2. The Kier molecular flexibility index (Phi) is 5.97. The molecule has 124 valence electrons. The first-order valence-electron chi connectivity index (χ1n) is 8.42. The van der Waals surface area contributed by atoms with Crippen LogP contribution in [0.15, 0.2) is 30.5 Å². The SMILES string of the molecule is CCCN(CCC)C(=O)CC1c2ccccc2C=CN1C(C)=O. The summed E-state index contributed by atoms with van der Waals surface area (Å²) in [5.41, 5.74) is 2.13. The van der Waals surface area contributed by atoms with E-state index in [4.69, 9.17) is 0 Å². The normalized spacial score (nSPS) is 16.1. The summed E-state index contributed by atoms with van der Waals surface area (Å²) in [4.78, 5) is 28.3. The molecule has 1 unspecified atom stereocenters. The van der Waals surface area contributed by atoms with Crippen molar-refractivity contribution in [1.82, 2.24) is 9.80 Å². The van der Waals surface area contributed by atoms with Gasteiger partial charge in [-0.2, -0.15) is 0 Å². The molecular weight excluding hydrogens is 288 g/mol. The molecule has 1 atom stereocenters. The molecule has 0 N–H and O–H groups in total. The number of amides is 2. The van der Waals surface area contributed by atoms with Crippen LogP contribution in [0, 0.1) is 0 Å². The monoisotopic (exact) mass is 314 g/mol. The van der Waals surface area contributed by atoms with Crippen molar-refractivity contribution in [2.45, 2.75) is 46.1 Å². The average Bonchev–Trinajstić information content (AvgIpc) is 2.54. The Morgan fingerprint density at radius 1 is 1.13 bits per heavy atom. The van der Waals surface area contributed by atoms with E-state index in [1.54, 1.807) is 18.0 Å². The van der Waals surface area contributed by atoms with Crippen LogP contribution in [0.3, 0.4) is 0 Å². The number of hydrogen-bond acceptors (Lipinski definition) is 2. The van der Waals surface area contributed by atoms with Gasteiger partial charge < -0.3 is 9.80 Å². The van der Waals surface area contributed by atoms with E-state index in [0.717, 1.165) is 37.1 Å². The summed E-state index contributed by atoms with van der Waals surface area (Å²) in [6.07, 6.45) is 5.97. The van der Waals surface area contributed by atoms with Crippen LogP contribution in [0.25, 0.3) is 6.08 Å². The van der Waals surface area contributed by atoms with Crippen LogP contribution >= 0.6 is 0 Å². The third-order valence-electron chi connectivity index (χ3n) is 4.18. The van der Waals surface area contributed by atoms with E-state index >= 15 is 0 Å². The lowest BCUT2D eigenvalue weighted by Gasteiger charge is -2.34. The molecule has 1 aromatic carbocycles. The van der Waals surface area contributed by atoms with Gasteiger partial charge in [0.25, 0.3) is 0 Å². The zero-order valence-electron chi connectivity index (χ0n) is 14.3. The minimum absolute atomic E-state index is 0.0360. The Morgan fingerprint density at radius 2 is 1.78 bits per heavy atom. The van der Waals surface area contributed by atoms with Gasteiger partial charge in [0, 0.05) is 26.2 Å². The van der Waals surface area contributed by atoms with Crippen molar-refractivity contribution < 1.29 is 9.59 Å². The van der Waals surface area contributed by atoms with Gasteiger partial charge in [-0.25, -0.2) is 0 Å². The van der Waals surface area contributed by atoms with Crippen molar-refractivity contribution in [1.29, 1.82) is 0 Å². The second kappa shape index (κ2) is 7.95. The highest BCUT2D eigenvalue weighted by atomic mass is 16.2. The summed E-state index contributed by atoms with van der Waals surface area (Å²) in [5.74, 6) is 0.0844. The fourth-order valence-corrected chi connectivity index (χ4v) is 3.11. The third-order valence-corrected chi connectivity index (χ3v) is 4.18. The van der Waals surface area contributed by atoms with Crippen molar-refractivity contribution in [2.75, 3.05) is 13.1 Å². The number of hydrogen-bond donors (Lipinski definition) is 0. The van der Waals surface area contributed by atoms with Gasteiger partial charge >= 0.3 is 0 Å². The zero-order valence-corrected chi connectivity index (χ0v) is 14.3. The molecule has 1 aliphatic rings. The number of carbonyl (C=O) groups is 2. The van der Waals surface area contributed by atoms with Gasteiger partial charge in [-0.3, -0.25) is 9.59 Å². The number of benzene rings is 1. The predicted octanol–water partition coefficient (Wildman–Crippen LogP) is 3.60. The highest BCUT2D eigenvalue weighted by molar-refractivity contribution is 5.81. The van der Waals surface area contributed by atoms with Crippen LogP contribution in [-0.2, 0) is 9.59 Å². The van der Waals surface area contributed by atoms with Gasteiger partial charge in [0.15, 0.2) is 0 Å². The minimum atomic E-state index is -0.211. The highest BCUT2D eigenvalue weighted by Crippen LogP contribution is 2.33. The van der Waals surface area contributed by atoms with Crippen LogP contribution in [-0.4, -0.2) is 34.7 Å². The van der Waals surface area contributed by atoms with Crippen LogP contribution in [0.4, 0.5) is 0 Å². The summed E-state index contributed by atoms with van der Waals surface area (Å²) in [6, 6.07) is 7.76. The average molecular weight is 314 g/mol. The molecule has 2 amide bonds. The molecule has 23 heavy (non-hydrogen) atoms. The maximum atomic E-state index is 12.7. The lowest BCUT2D eigenvalue weighted by atomic mass is 9.93. The van der Waals surface area contributed by atoms with E-state index in [2.05, 4.69) is 13.8 Å². The molecule has 0 aromatic heterocycles. The summed E-state index contributed by atoms with van der Waals surface area (Å²) in [7, 11) is 0. The van der Waals surface area contributed by atoms with Crippen LogP contribution in [0.5, 0.6) is 0 Å². The summed E-state index contributed by atoms with van der Waals surface area (Å²) >= 11 is 0. The molecule has 0 bridgehead atoms. The molecule has 0 radical (unpaired) electrons. The van der Waals surface area contributed by atoms with Crippen LogP contribution in [0.1, 0.15) is 57.2 Å². The Morgan fingerprint density at radius 3 is 2.39 bits per heavy atom. The fourth-order valence-electron chi connectivity index (χ4n) is 3.11. The first-order chi connectivity index (χ1) is 11.1. The van der Waals surface area contributed by atoms with Crippen molar-refractivity contribution in [2.24, 2.45) is 0 Å². The molecule has 1 heterocycles. The molecule has 0 aliphatic carbocycles. The van der Waals surface area contributed by atoms with E-state index in [9.17, 15) is 9.59 Å². The zero-order chi connectivity index (χ0) is 16.8. The van der Waals surface area contributed by atoms with Crippen molar-refractivity contribution in [3.05, 3.63) is 41.6 Å². The molecular formula is C19H26N2O2. The van der Waals surface area contributed by atoms with Crippen molar-refractivity contribution >= 4 is 17.9 Å². The van der Waals surface area contributed by atoms with E-state index in [1.165, 1.54) is 0 Å². The second-order valence-electron chi connectivity index (χ2n) is 5.97. The smallest absolute Gasteiger partial charge is 0.225 e. The molecule has 0 saturated heterocycles. The van der Waals surface area contributed by atoms with Crippen LogP contribution < -0.4 is 0 Å². The van der Waals surface area contributed by atoms with E-state index in [1.807, 2.05) is 35.2 Å². The Balaban J connectivity index is 2.25. The number of nitrogens with zero attached hydrogens (tertiary/aromatic N) is 2. The Labute approximate surface area is 138 Å². The van der Waals surface area contributed by atoms with Gasteiger partial charge in [-0.15, -0.1) is 0 Å². The van der Waals surface area contributed by atoms with Gasteiger partial charge in [0.1, 0.15) is 0 Å². The lowest BCUT2D eigenvalue weighted by Crippen LogP contribution is -2.38. The highest BCUT2D eigenvalue weighted by Gasteiger charge is 2.29. The molecule has 2 rings (SSSR count). The molecule has 4 heteroatoms. The van der Waals surface area contributed by atoms with Crippen molar-refractivity contribution in [3.63, 3.8) is 0 Å². The number of rotatable bonds is 6. The van der Waals surface area contributed by atoms with Crippen molar-refractivity contribution in [3.8, 4) is 0 Å². The lowest BCUT2D eigenvalue weighted by molar-refractivity contribution is -0.134. The quantitative estimate of drug-likeness (QED) is 0.805. The Hall–Kier alpha value is -2.10. The first kappa shape index (κ1) is 17.3. The van der Waals surface area contributed by atoms with E-state index < -0.39 is 0 Å². The largest absolute Gasteiger partial charge is 0.343 e. The number of fused-ring (bicyclic) bond motifs is 1. The molecule has 0 saturated carbocycles. The van der Waals surface area contributed by atoms with Gasteiger partial charge in [-0.05, 0) is 30.0 Å². The van der Waals surface area contributed by atoms with Gasteiger partial charge in [0.2, 0.25) is 11.8 Å². The molecule has 1 aliphatic heterocycles. The maximum absolute atomic E-state index is 12.7. The maximum Gasteiger partial charge on any atom is 0.225 e. The summed E-state index contributed by atoms with van der Waals surface area (Å²) < 4.78 is 0. The molecule has 0 spiro atoms. The second-order valence-corrected chi connectivity index (χ2v) is 5.97. The standard InChI is InChI=1S/C19H26N2O2/c1-4-11-20(12-5-2)19(23)14-18-17-9-7-6-8-16(17)10-13-21(18)15(3)22/h6-10,13,18H,4-5,11-12,14H2,1-3H3. The van der Waals surface area contributed by atoms with E-state index in [0.29, 0.717) is 6.42 Å². The third kappa shape index (κ3) is 4.01. The summed E-state index contributed by atoms with van der Waals surface area (Å²) in [5, 5.41) is 0. The molecule has 4 nitrogen and oxygen atoms in total. The summed E-state index contributed by atoms with van der Waals surface area (Å²) in [6.45, 7) is 7.26. The fraction of sp³-hybridized carbons (Fsp3) is 0.474. The van der Waals surface area contributed by atoms with E-state index in [-0.39, 0.29) is 17.9 Å². The topological polar surface area (TPSA) is 40.6 Å². The van der Waals surface area contributed by atoms with Gasteiger partial charge in [0.05, 0.1) is 12.5 Å². The first-order valence-corrected chi connectivity index (χ1v) is 8.42. The minimum Gasteiger partial charge on any atom is -0.343 e. The molecule has 1 aromatic rings. The van der Waals surface area contributed by atoms with Gasteiger partial charge in [-0.1, -0.05) is 38.1 Å². The predicted molar refractivity (Wildman–Crippen MR) is 92.5 cm³/mol.